The highest BCUT2D eigenvalue weighted by Crippen LogP contribution is 2.16. The zero-order chi connectivity index (χ0) is 11.8. The summed E-state index contributed by atoms with van der Waals surface area (Å²) in [6.07, 6.45) is 6.10. The molecule has 1 nitrogen and oxygen atoms in total. The minimum absolute atomic E-state index is 0.277. The molecule has 1 rings (SSSR count). The molecule has 0 aliphatic rings. The maximum absolute atomic E-state index is 12.1. The zero-order valence-corrected chi connectivity index (χ0v) is 11.1. The fraction of sp³-hybridized carbons (Fsp3) is 0.571. The van der Waals surface area contributed by atoms with Gasteiger partial charge in [0.15, 0.2) is 0 Å². The number of hydrogen-bond acceptors (Lipinski definition) is 1. The molecule has 1 aromatic rings. The average Bonchev–Trinajstić information content (AvgIpc) is 2.34. The van der Waals surface area contributed by atoms with Gasteiger partial charge in [-0.3, -0.25) is 4.21 Å². The van der Waals surface area contributed by atoms with Crippen LogP contribution in [0.2, 0.25) is 0 Å². The van der Waals surface area contributed by atoms with E-state index in [1.807, 2.05) is 30.3 Å². The predicted octanol–water partition coefficient (Wildman–Crippen LogP) is 4.15. The Kier molecular flexibility index (Phi) is 6.39. The lowest BCUT2D eigenvalue weighted by Gasteiger charge is -2.10. The highest BCUT2D eigenvalue weighted by atomic mass is 32.2. The fourth-order valence-corrected chi connectivity index (χ4v) is 3.02. The summed E-state index contributed by atoms with van der Waals surface area (Å²) >= 11 is 0. The van der Waals surface area contributed by atoms with Crippen LogP contribution in [0.15, 0.2) is 35.2 Å². The summed E-state index contributed by atoms with van der Waals surface area (Å²) in [7, 11) is -0.834. The van der Waals surface area contributed by atoms with Gasteiger partial charge in [0, 0.05) is 10.1 Å². The molecule has 2 heteroatoms. The molecule has 0 radical (unpaired) electrons. The van der Waals surface area contributed by atoms with Crippen LogP contribution in [-0.4, -0.2) is 9.46 Å². The van der Waals surface area contributed by atoms with E-state index in [-0.39, 0.29) is 5.25 Å². The number of rotatable bonds is 7. The number of unbranched alkanes of at least 4 members (excludes halogenated alkanes) is 3. The molecule has 0 spiro atoms. The first-order chi connectivity index (χ1) is 7.75. The minimum atomic E-state index is -0.834. The summed E-state index contributed by atoms with van der Waals surface area (Å²) in [5.41, 5.74) is 0. The lowest BCUT2D eigenvalue weighted by Crippen LogP contribution is -2.10. The Hall–Kier alpha value is -0.630. The van der Waals surface area contributed by atoms with Crippen molar-refractivity contribution in [3.8, 4) is 0 Å². The third-order valence-electron chi connectivity index (χ3n) is 2.81. The summed E-state index contributed by atoms with van der Waals surface area (Å²) in [5, 5.41) is 0.277. The quantitative estimate of drug-likeness (QED) is 0.652. The summed E-state index contributed by atoms with van der Waals surface area (Å²) in [6, 6.07) is 9.79. The second-order valence-corrected chi connectivity index (χ2v) is 6.14. The first-order valence-electron chi connectivity index (χ1n) is 6.21. The van der Waals surface area contributed by atoms with Crippen LogP contribution in [0.1, 0.15) is 46.0 Å². The summed E-state index contributed by atoms with van der Waals surface area (Å²) in [6.45, 7) is 4.31. The van der Waals surface area contributed by atoms with Crippen molar-refractivity contribution in [1.29, 1.82) is 0 Å². The van der Waals surface area contributed by atoms with Crippen molar-refractivity contribution in [2.24, 2.45) is 0 Å². The van der Waals surface area contributed by atoms with Crippen LogP contribution in [0.4, 0.5) is 0 Å². The molecule has 0 saturated heterocycles. The van der Waals surface area contributed by atoms with Crippen LogP contribution in [0.25, 0.3) is 0 Å². The highest BCUT2D eigenvalue weighted by Gasteiger charge is 2.12. The fourth-order valence-electron chi connectivity index (χ4n) is 1.75. The highest BCUT2D eigenvalue weighted by molar-refractivity contribution is 7.85. The lowest BCUT2D eigenvalue weighted by molar-refractivity contribution is 0.614. The molecule has 1 aromatic carbocycles. The third-order valence-corrected chi connectivity index (χ3v) is 4.51. The molecular weight excluding hydrogens is 216 g/mol. The van der Waals surface area contributed by atoms with Gasteiger partial charge in [-0.15, -0.1) is 0 Å². The molecule has 0 aromatic heterocycles. The monoisotopic (exact) mass is 238 g/mol. The van der Waals surface area contributed by atoms with Gasteiger partial charge in [-0.1, -0.05) is 57.7 Å². The van der Waals surface area contributed by atoms with Crippen molar-refractivity contribution in [3.05, 3.63) is 30.3 Å². The van der Waals surface area contributed by atoms with Crippen molar-refractivity contribution in [2.75, 3.05) is 0 Å². The van der Waals surface area contributed by atoms with E-state index in [2.05, 4.69) is 13.8 Å². The normalized spacial score (nSPS) is 14.6. The van der Waals surface area contributed by atoms with Crippen molar-refractivity contribution in [3.63, 3.8) is 0 Å². The average molecular weight is 238 g/mol. The van der Waals surface area contributed by atoms with Crippen LogP contribution < -0.4 is 0 Å². The first kappa shape index (κ1) is 13.4. The van der Waals surface area contributed by atoms with E-state index in [0.29, 0.717) is 0 Å². The van der Waals surface area contributed by atoms with Crippen LogP contribution >= 0.6 is 0 Å². The molecule has 2 unspecified atom stereocenters. The maximum Gasteiger partial charge on any atom is 0.0557 e. The first-order valence-corrected chi connectivity index (χ1v) is 7.42. The van der Waals surface area contributed by atoms with Gasteiger partial charge in [0.2, 0.25) is 0 Å². The minimum Gasteiger partial charge on any atom is -0.254 e. The van der Waals surface area contributed by atoms with Crippen molar-refractivity contribution in [2.45, 2.75) is 56.1 Å². The van der Waals surface area contributed by atoms with Crippen LogP contribution in [0.5, 0.6) is 0 Å². The summed E-state index contributed by atoms with van der Waals surface area (Å²) in [5.74, 6) is 0. The molecular formula is C14H22OS. The van der Waals surface area contributed by atoms with Gasteiger partial charge < -0.3 is 0 Å². The smallest absolute Gasteiger partial charge is 0.0557 e. The Labute approximate surface area is 102 Å². The SMILES string of the molecule is CCCCCCC(C)S(=O)c1ccccc1. The number of benzene rings is 1. The molecule has 0 aliphatic heterocycles. The summed E-state index contributed by atoms with van der Waals surface area (Å²) < 4.78 is 12.1. The van der Waals surface area contributed by atoms with Crippen LogP contribution in [0, 0.1) is 0 Å². The zero-order valence-electron chi connectivity index (χ0n) is 10.3. The molecule has 16 heavy (non-hydrogen) atoms. The van der Waals surface area contributed by atoms with Gasteiger partial charge in [0.25, 0.3) is 0 Å². The Balaban J connectivity index is 2.37. The van der Waals surface area contributed by atoms with Gasteiger partial charge in [0.1, 0.15) is 0 Å². The van der Waals surface area contributed by atoms with E-state index in [9.17, 15) is 4.21 Å². The second-order valence-electron chi connectivity index (χ2n) is 4.27. The van der Waals surface area contributed by atoms with Gasteiger partial charge in [-0.25, -0.2) is 0 Å². The van der Waals surface area contributed by atoms with Gasteiger partial charge in [-0.05, 0) is 18.6 Å². The Bertz CT molecular complexity index is 308. The maximum atomic E-state index is 12.1. The van der Waals surface area contributed by atoms with E-state index in [4.69, 9.17) is 0 Å². The van der Waals surface area contributed by atoms with Gasteiger partial charge in [-0.2, -0.15) is 0 Å². The lowest BCUT2D eigenvalue weighted by atomic mass is 10.1. The van der Waals surface area contributed by atoms with Crippen molar-refractivity contribution in [1.82, 2.24) is 0 Å². The van der Waals surface area contributed by atoms with E-state index in [0.717, 1.165) is 11.3 Å². The molecule has 0 saturated carbocycles. The third kappa shape index (κ3) is 4.48. The van der Waals surface area contributed by atoms with E-state index >= 15 is 0 Å². The van der Waals surface area contributed by atoms with E-state index in [1.54, 1.807) is 0 Å². The Morgan fingerprint density at radius 2 is 1.81 bits per heavy atom. The molecule has 0 N–H and O–H groups in total. The molecule has 2 atom stereocenters. The van der Waals surface area contributed by atoms with E-state index < -0.39 is 10.8 Å². The predicted molar refractivity (Wildman–Crippen MR) is 71.1 cm³/mol. The molecule has 90 valence electrons. The second kappa shape index (κ2) is 7.61. The molecule has 0 heterocycles. The van der Waals surface area contributed by atoms with Crippen molar-refractivity contribution < 1.29 is 4.21 Å². The Morgan fingerprint density at radius 1 is 1.12 bits per heavy atom. The topological polar surface area (TPSA) is 17.1 Å². The Morgan fingerprint density at radius 3 is 2.44 bits per heavy atom. The molecule has 0 aliphatic carbocycles. The molecule has 0 bridgehead atoms. The largest absolute Gasteiger partial charge is 0.254 e. The van der Waals surface area contributed by atoms with Gasteiger partial charge in [0.05, 0.1) is 10.8 Å². The van der Waals surface area contributed by atoms with Crippen LogP contribution in [0.3, 0.4) is 0 Å². The standard InChI is InChI=1S/C14H22OS/c1-3-4-5-7-10-13(2)16(15)14-11-8-6-9-12-14/h6,8-9,11-13H,3-5,7,10H2,1-2H3. The molecule has 0 amide bonds. The molecule has 0 fully saturated rings. The van der Waals surface area contributed by atoms with E-state index in [1.165, 1.54) is 25.7 Å². The summed E-state index contributed by atoms with van der Waals surface area (Å²) in [4.78, 5) is 0.963. The van der Waals surface area contributed by atoms with Crippen molar-refractivity contribution >= 4 is 10.8 Å². The van der Waals surface area contributed by atoms with Crippen LogP contribution in [-0.2, 0) is 10.8 Å². The van der Waals surface area contributed by atoms with Gasteiger partial charge >= 0.3 is 0 Å². The number of hydrogen-bond donors (Lipinski definition) is 0.